The molecule has 1 aliphatic heterocycles. The van der Waals surface area contributed by atoms with Gasteiger partial charge in [0.15, 0.2) is 0 Å². The number of hydrogen-bond donors (Lipinski definition) is 1. The van der Waals surface area contributed by atoms with Crippen molar-refractivity contribution in [1.82, 2.24) is 15.3 Å². The molecule has 0 radical (unpaired) electrons. The van der Waals surface area contributed by atoms with E-state index in [4.69, 9.17) is 4.74 Å². The monoisotopic (exact) mass is 321 g/mol. The maximum absolute atomic E-state index is 12.1. The van der Waals surface area contributed by atoms with Gasteiger partial charge in [0.2, 0.25) is 5.91 Å². The molecule has 5 nitrogen and oxygen atoms in total. The number of carbonyl (C=O) groups excluding carboxylic acids is 1. The van der Waals surface area contributed by atoms with Gasteiger partial charge in [-0.3, -0.25) is 4.79 Å². The second-order valence-electron chi connectivity index (χ2n) is 6.20. The van der Waals surface area contributed by atoms with Gasteiger partial charge in [0, 0.05) is 35.5 Å². The maximum atomic E-state index is 12.1. The molecular formula is C19H19N3O2. The summed E-state index contributed by atoms with van der Waals surface area (Å²) in [5.41, 5.74) is 4.01. The number of amides is 1. The number of ether oxygens (including phenoxy) is 1. The lowest BCUT2D eigenvalue weighted by Gasteiger charge is -2.13. The minimum atomic E-state index is -0.0308. The molecule has 24 heavy (non-hydrogen) atoms. The van der Waals surface area contributed by atoms with Crippen LogP contribution >= 0.6 is 0 Å². The van der Waals surface area contributed by atoms with Gasteiger partial charge in [0.25, 0.3) is 0 Å². The summed E-state index contributed by atoms with van der Waals surface area (Å²) in [5, 5.41) is 3.00. The van der Waals surface area contributed by atoms with Gasteiger partial charge in [-0.1, -0.05) is 24.3 Å². The van der Waals surface area contributed by atoms with Crippen molar-refractivity contribution >= 4 is 5.91 Å². The summed E-state index contributed by atoms with van der Waals surface area (Å²) in [5.74, 6) is 0.926. The Kier molecular flexibility index (Phi) is 3.99. The third-order valence-electron chi connectivity index (χ3n) is 4.52. The average Bonchev–Trinajstić information content (AvgIpc) is 3.29. The van der Waals surface area contributed by atoms with Crippen molar-refractivity contribution in [2.45, 2.75) is 31.8 Å². The topological polar surface area (TPSA) is 64.1 Å². The van der Waals surface area contributed by atoms with E-state index >= 15 is 0 Å². The highest BCUT2D eigenvalue weighted by atomic mass is 16.5. The molecule has 0 fully saturated rings. The molecule has 1 N–H and O–H groups in total. The number of allylic oxidation sites excluding steroid dienone is 1. The summed E-state index contributed by atoms with van der Waals surface area (Å²) in [6.07, 6.45) is 10.9. The summed E-state index contributed by atoms with van der Waals surface area (Å²) in [7, 11) is 0. The van der Waals surface area contributed by atoms with Crippen LogP contribution in [-0.2, 0) is 11.2 Å². The molecule has 0 spiro atoms. The van der Waals surface area contributed by atoms with Gasteiger partial charge in [0.05, 0.1) is 6.54 Å². The number of aromatic nitrogens is 2. The van der Waals surface area contributed by atoms with E-state index in [0.717, 1.165) is 53.7 Å². The van der Waals surface area contributed by atoms with Crippen molar-refractivity contribution in [2.24, 2.45) is 0 Å². The van der Waals surface area contributed by atoms with Crippen LogP contribution in [0.2, 0.25) is 0 Å². The highest BCUT2D eigenvalue weighted by molar-refractivity contribution is 5.93. The van der Waals surface area contributed by atoms with E-state index in [9.17, 15) is 4.79 Å². The third kappa shape index (κ3) is 2.89. The Labute approximate surface area is 140 Å². The van der Waals surface area contributed by atoms with Crippen molar-refractivity contribution in [3.63, 3.8) is 0 Å². The molecule has 0 saturated carbocycles. The highest BCUT2D eigenvalue weighted by Crippen LogP contribution is 2.38. The van der Waals surface area contributed by atoms with Crippen LogP contribution in [0, 0.1) is 0 Å². The van der Waals surface area contributed by atoms with Crippen molar-refractivity contribution in [3.05, 3.63) is 54.1 Å². The molecule has 1 aromatic carbocycles. The molecule has 0 unspecified atom stereocenters. The fourth-order valence-electron chi connectivity index (χ4n) is 3.31. The molecule has 2 heterocycles. The molecule has 5 heteroatoms. The number of carbonyl (C=O) groups is 1. The number of nitrogens with one attached hydrogen (secondary N) is 1. The van der Waals surface area contributed by atoms with Gasteiger partial charge < -0.3 is 10.1 Å². The highest BCUT2D eigenvalue weighted by Gasteiger charge is 2.26. The lowest BCUT2D eigenvalue weighted by Crippen LogP contribution is -2.35. The Morgan fingerprint density at radius 3 is 2.96 bits per heavy atom. The first-order chi connectivity index (χ1) is 11.8. The zero-order valence-corrected chi connectivity index (χ0v) is 13.4. The van der Waals surface area contributed by atoms with E-state index in [1.807, 2.05) is 18.2 Å². The number of benzene rings is 1. The van der Waals surface area contributed by atoms with Crippen LogP contribution in [0.5, 0.6) is 5.75 Å². The average molecular weight is 321 g/mol. The molecule has 1 aromatic heterocycles. The van der Waals surface area contributed by atoms with E-state index < -0.39 is 0 Å². The fourth-order valence-corrected chi connectivity index (χ4v) is 3.31. The number of hydrogen-bond acceptors (Lipinski definition) is 4. The molecule has 2 aromatic rings. The second-order valence-corrected chi connectivity index (χ2v) is 6.20. The van der Waals surface area contributed by atoms with E-state index in [1.165, 1.54) is 6.33 Å². The van der Waals surface area contributed by atoms with Crippen LogP contribution in [0.15, 0.2) is 48.6 Å². The van der Waals surface area contributed by atoms with E-state index in [2.05, 4.69) is 21.4 Å². The standard InChI is InChI=1S/C19H19N3O2/c23-19(13-4-1-2-5-13)22-11-16-8-14-6-3-7-17(18(14)24-16)15-9-20-12-21-10-15/h3-4,6-7,9-10,12,16H,1-2,5,8,11H2,(H,22,23)/t16-/m0/s1. The predicted molar refractivity (Wildman–Crippen MR) is 90.5 cm³/mol. The summed E-state index contributed by atoms with van der Waals surface area (Å²) >= 11 is 0. The van der Waals surface area contributed by atoms with Crippen LogP contribution in [0.25, 0.3) is 11.1 Å². The molecule has 0 saturated heterocycles. The maximum Gasteiger partial charge on any atom is 0.247 e. The zero-order valence-electron chi connectivity index (χ0n) is 13.4. The number of rotatable bonds is 4. The van der Waals surface area contributed by atoms with Crippen LogP contribution in [0.1, 0.15) is 24.8 Å². The van der Waals surface area contributed by atoms with Gasteiger partial charge in [-0.15, -0.1) is 0 Å². The predicted octanol–water partition coefficient (Wildman–Crippen LogP) is 2.67. The lowest BCUT2D eigenvalue weighted by atomic mass is 10.0. The van der Waals surface area contributed by atoms with Crippen molar-refractivity contribution in [3.8, 4) is 16.9 Å². The first kappa shape index (κ1) is 14.9. The smallest absolute Gasteiger partial charge is 0.247 e. The van der Waals surface area contributed by atoms with Crippen LogP contribution in [0.3, 0.4) is 0 Å². The summed E-state index contributed by atoms with van der Waals surface area (Å²) in [6, 6.07) is 6.11. The van der Waals surface area contributed by atoms with Gasteiger partial charge >= 0.3 is 0 Å². The minimum absolute atomic E-state index is 0.0308. The van der Waals surface area contributed by atoms with Crippen molar-refractivity contribution in [2.75, 3.05) is 6.54 Å². The van der Waals surface area contributed by atoms with Gasteiger partial charge in [-0.05, 0) is 24.8 Å². The van der Waals surface area contributed by atoms with E-state index in [0.29, 0.717) is 6.54 Å². The lowest BCUT2D eigenvalue weighted by molar-refractivity contribution is -0.117. The number of fused-ring (bicyclic) bond motifs is 1. The van der Waals surface area contributed by atoms with Crippen LogP contribution < -0.4 is 10.1 Å². The third-order valence-corrected chi connectivity index (χ3v) is 4.52. The SMILES string of the molecule is O=C(NC[C@@H]1Cc2cccc(-c3cncnc3)c2O1)C1=CCCC1. The summed E-state index contributed by atoms with van der Waals surface area (Å²) in [6.45, 7) is 0.523. The number of para-hydroxylation sites is 1. The van der Waals surface area contributed by atoms with Crippen LogP contribution in [-0.4, -0.2) is 28.5 Å². The quantitative estimate of drug-likeness (QED) is 0.940. The Balaban J connectivity index is 1.45. The molecule has 122 valence electrons. The minimum Gasteiger partial charge on any atom is -0.487 e. The van der Waals surface area contributed by atoms with Gasteiger partial charge in [0.1, 0.15) is 18.2 Å². The molecule has 2 aliphatic rings. The molecular weight excluding hydrogens is 302 g/mol. The van der Waals surface area contributed by atoms with Gasteiger partial charge in [-0.2, -0.15) is 0 Å². The second kappa shape index (κ2) is 6.43. The summed E-state index contributed by atoms with van der Waals surface area (Å²) in [4.78, 5) is 20.3. The van der Waals surface area contributed by atoms with E-state index in [-0.39, 0.29) is 12.0 Å². The fraction of sp³-hybridized carbons (Fsp3) is 0.316. The van der Waals surface area contributed by atoms with Crippen LogP contribution in [0.4, 0.5) is 0 Å². The molecule has 1 amide bonds. The Bertz CT molecular complexity index is 786. The Morgan fingerprint density at radius 2 is 2.17 bits per heavy atom. The summed E-state index contributed by atoms with van der Waals surface area (Å²) < 4.78 is 6.12. The first-order valence-electron chi connectivity index (χ1n) is 8.32. The van der Waals surface area contributed by atoms with Crippen molar-refractivity contribution in [1.29, 1.82) is 0 Å². The largest absolute Gasteiger partial charge is 0.487 e. The molecule has 4 rings (SSSR count). The molecule has 0 bridgehead atoms. The molecule has 1 atom stereocenters. The normalized spacial score (nSPS) is 18.7. The first-order valence-corrected chi connectivity index (χ1v) is 8.32. The Morgan fingerprint density at radius 1 is 1.29 bits per heavy atom. The van der Waals surface area contributed by atoms with E-state index in [1.54, 1.807) is 12.4 Å². The Hall–Kier alpha value is -2.69. The zero-order chi connectivity index (χ0) is 16.4. The van der Waals surface area contributed by atoms with Gasteiger partial charge in [-0.25, -0.2) is 9.97 Å². The number of nitrogens with zero attached hydrogens (tertiary/aromatic N) is 2. The van der Waals surface area contributed by atoms with Crippen molar-refractivity contribution < 1.29 is 9.53 Å². The molecule has 1 aliphatic carbocycles.